The van der Waals surface area contributed by atoms with Gasteiger partial charge in [0.15, 0.2) is 0 Å². The van der Waals surface area contributed by atoms with E-state index < -0.39 is 0 Å². The van der Waals surface area contributed by atoms with Crippen LogP contribution in [0.3, 0.4) is 0 Å². The summed E-state index contributed by atoms with van der Waals surface area (Å²) in [6.45, 7) is 1.25. The molecule has 0 aliphatic rings. The molecule has 10 nitrogen and oxygen atoms in total. The van der Waals surface area contributed by atoms with Crippen molar-refractivity contribution in [1.29, 1.82) is 0 Å². The second-order valence-corrected chi connectivity index (χ2v) is 15.4. The molecular weight excluding hydrogens is 673 g/mol. The number of carbonyl (C=O) groups excluding carboxylic acids is 3. The number of rotatable bonds is 32. The molecule has 0 aromatic heterocycles. The predicted molar refractivity (Wildman–Crippen MR) is 179 cm³/mol. The molecule has 0 saturated carbocycles. The zero-order valence-electron chi connectivity index (χ0n) is 23.4. The Bertz CT molecular complexity index is 623. The van der Waals surface area contributed by atoms with Crippen molar-refractivity contribution in [1.82, 2.24) is 0 Å². The topological polar surface area (TPSA) is 138 Å². The Hall–Kier alpha value is 0.700. The summed E-state index contributed by atoms with van der Waals surface area (Å²) in [6, 6.07) is 0. The van der Waals surface area contributed by atoms with Crippen LogP contribution in [0, 0.1) is 0 Å². The fourth-order valence-corrected chi connectivity index (χ4v) is 7.40. The third kappa shape index (κ3) is 35.1. The van der Waals surface area contributed by atoms with Gasteiger partial charge in [-0.3, -0.25) is 14.4 Å². The van der Waals surface area contributed by atoms with E-state index in [1.165, 1.54) is 35.3 Å². The molecule has 0 aliphatic heterocycles. The van der Waals surface area contributed by atoms with E-state index in [2.05, 4.69) is 0 Å². The van der Waals surface area contributed by atoms with Crippen LogP contribution in [0.5, 0.6) is 0 Å². The number of esters is 3. The van der Waals surface area contributed by atoms with Crippen LogP contribution >= 0.6 is 82.3 Å². The highest BCUT2D eigenvalue weighted by molar-refractivity contribution is 8.03. The summed E-state index contributed by atoms with van der Waals surface area (Å²) >= 11 is 10.8. The maximum absolute atomic E-state index is 11.8. The highest BCUT2D eigenvalue weighted by atomic mass is 32.2. The molecule has 0 heterocycles. The Morgan fingerprint density at radius 1 is 0.439 bits per heavy atom. The Balaban J connectivity index is 3.28. The molecule has 242 valence electrons. The van der Waals surface area contributed by atoms with E-state index in [1.54, 1.807) is 47.0 Å². The SMILES string of the molecule is O=C(CCSCCOOCCCSCCC(=O)OCSCCSCO)OCCSCCC(=O)OCSCCSCO. The number of thioether (sulfide) groups is 7. The van der Waals surface area contributed by atoms with Gasteiger partial charge in [-0.05, 0) is 12.2 Å². The van der Waals surface area contributed by atoms with E-state index in [1.807, 2.05) is 0 Å². The van der Waals surface area contributed by atoms with Gasteiger partial charge < -0.3 is 24.4 Å². The first kappa shape index (κ1) is 41.7. The van der Waals surface area contributed by atoms with Gasteiger partial charge in [-0.1, -0.05) is 0 Å². The summed E-state index contributed by atoms with van der Waals surface area (Å²) in [4.78, 5) is 45.3. The molecule has 0 amide bonds. The molecule has 0 aliphatic carbocycles. The zero-order valence-corrected chi connectivity index (χ0v) is 29.1. The van der Waals surface area contributed by atoms with Crippen molar-refractivity contribution < 1.29 is 48.6 Å². The first-order valence-corrected chi connectivity index (χ1v) is 21.2. The van der Waals surface area contributed by atoms with Gasteiger partial charge in [-0.25, -0.2) is 9.78 Å². The molecule has 0 aromatic carbocycles. The fourth-order valence-electron chi connectivity index (χ4n) is 2.33. The average Bonchev–Trinajstić information content (AvgIpc) is 2.96. The minimum Gasteiger partial charge on any atom is -0.465 e. The molecule has 2 N–H and O–H groups in total. The molecule has 0 aromatic rings. The third-order valence-corrected chi connectivity index (χ3v) is 10.7. The van der Waals surface area contributed by atoms with E-state index in [4.69, 9.17) is 34.2 Å². The van der Waals surface area contributed by atoms with Gasteiger partial charge in [0, 0.05) is 51.8 Å². The van der Waals surface area contributed by atoms with Gasteiger partial charge in [0.2, 0.25) is 0 Å². The molecule has 0 atom stereocenters. The number of carbonyl (C=O) groups is 3. The van der Waals surface area contributed by atoms with Gasteiger partial charge in [0.05, 0.1) is 44.4 Å². The Kier molecular flexibility index (Phi) is 35.8. The number of ether oxygens (including phenoxy) is 3. The van der Waals surface area contributed by atoms with Crippen LogP contribution in [-0.4, -0.2) is 129 Å². The molecule has 0 saturated heterocycles. The Labute approximate surface area is 274 Å². The Morgan fingerprint density at radius 3 is 1.41 bits per heavy atom. The van der Waals surface area contributed by atoms with E-state index in [0.29, 0.717) is 74.0 Å². The third-order valence-electron chi connectivity index (χ3n) is 4.29. The van der Waals surface area contributed by atoms with E-state index in [-0.39, 0.29) is 29.8 Å². The van der Waals surface area contributed by atoms with Gasteiger partial charge >= 0.3 is 17.9 Å². The lowest BCUT2D eigenvalue weighted by Gasteiger charge is -2.06. The summed E-state index contributed by atoms with van der Waals surface area (Å²) in [5.74, 6) is 7.84. The summed E-state index contributed by atoms with van der Waals surface area (Å²) in [5.41, 5.74) is 0. The van der Waals surface area contributed by atoms with Crippen molar-refractivity contribution >= 4 is 100 Å². The monoisotopic (exact) mass is 716 g/mol. The van der Waals surface area contributed by atoms with Crippen molar-refractivity contribution in [2.45, 2.75) is 25.7 Å². The second-order valence-electron chi connectivity index (χ2n) is 7.46. The lowest BCUT2D eigenvalue weighted by Crippen LogP contribution is -2.10. The molecule has 17 heteroatoms. The number of aliphatic hydroxyl groups excluding tert-OH is 2. The van der Waals surface area contributed by atoms with Crippen LogP contribution in [0.25, 0.3) is 0 Å². The smallest absolute Gasteiger partial charge is 0.307 e. The molecular formula is C24H44O10S7. The van der Waals surface area contributed by atoms with Crippen LogP contribution in [0.4, 0.5) is 0 Å². The maximum Gasteiger partial charge on any atom is 0.307 e. The van der Waals surface area contributed by atoms with Crippen LogP contribution in [-0.2, 0) is 38.4 Å². The predicted octanol–water partition coefficient (Wildman–Crippen LogP) is 4.07. The van der Waals surface area contributed by atoms with Crippen LogP contribution in [0.15, 0.2) is 0 Å². The normalized spacial score (nSPS) is 11.0. The molecule has 0 bridgehead atoms. The molecule has 41 heavy (non-hydrogen) atoms. The van der Waals surface area contributed by atoms with E-state index in [0.717, 1.165) is 40.9 Å². The quantitative estimate of drug-likeness (QED) is 0.0258. The first-order valence-electron chi connectivity index (χ1n) is 13.1. The van der Waals surface area contributed by atoms with Gasteiger partial charge in [-0.15, -0.1) is 47.0 Å². The summed E-state index contributed by atoms with van der Waals surface area (Å²) in [6.07, 6.45) is 1.88. The van der Waals surface area contributed by atoms with Crippen molar-refractivity contribution in [2.24, 2.45) is 0 Å². The van der Waals surface area contributed by atoms with E-state index in [9.17, 15) is 14.4 Å². The fraction of sp³-hybridized carbons (Fsp3) is 0.875. The highest BCUT2D eigenvalue weighted by Gasteiger charge is 2.06. The number of aliphatic hydroxyl groups is 2. The molecule has 0 fully saturated rings. The lowest BCUT2D eigenvalue weighted by atomic mass is 10.5. The van der Waals surface area contributed by atoms with Crippen LogP contribution < -0.4 is 0 Å². The second kappa shape index (κ2) is 35.2. The molecule has 0 radical (unpaired) electrons. The zero-order chi connectivity index (χ0) is 30.1. The summed E-state index contributed by atoms with van der Waals surface area (Å²) in [7, 11) is 0. The van der Waals surface area contributed by atoms with E-state index >= 15 is 0 Å². The molecule has 0 rings (SSSR count). The van der Waals surface area contributed by atoms with Crippen molar-refractivity contribution in [3.05, 3.63) is 0 Å². The lowest BCUT2D eigenvalue weighted by molar-refractivity contribution is -0.289. The van der Waals surface area contributed by atoms with Crippen molar-refractivity contribution in [3.8, 4) is 0 Å². The molecule has 0 unspecified atom stereocenters. The maximum atomic E-state index is 11.8. The number of hydrogen-bond donors (Lipinski definition) is 2. The average molecular weight is 717 g/mol. The van der Waals surface area contributed by atoms with Gasteiger partial charge in [0.1, 0.15) is 18.5 Å². The van der Waals surface area contributed by atoms with Crippen molar-refractivity contribution in [3.63, 3.8) is 0 Å². The minimum absolute atomic E-state index is 0.109. The summed E-state index contributed by atoms with van der Waals surface area (Å²) in [5, 5.41) is 17.3. The van der Waals surface area contributed by atoms with Crippen LogP contribution in [0.2, 0.25) is 0 Å². The first-order chi connectivity index (χ1) is 20.1. The minimum atomic E-state index is -0.232. The van der Waals surface area contributed by atoms with Gasteiger partial charge in [-0.2, -0.15) is 35.3 Å². The largest absolute Gasteiger partial charge is 0.465 e. The van der Waals surface area contributed by atoms with Crippen molar-refractivity contribution in [2.75, 3.05) is 101 Å². The number of hydrogen-bond acceptors (Lipinski definition) is 17. The molecule has 0 spiro atoms. The highest BCUT2D eigenvalue weighted by Crippen LogP contribution is 2.10. The Morgan fingerprint density at radius 2 is 0.878 bits per heavy atom. The van der Waals surface area contributed by atoms with Crippen LogP contribution in [0.1, 0.15) is 25.7 Å². The summed E-state index contributed by atoms with van der Waals surface area (Å²) < 4.78 is 15.5. The van der Waals surface area contributed by atoms with Gasteiger partial charge in [0.25, 0.3) is 0 Å². The standard InChI is InChI=1S/C24H44O10S7/c25-18-38-14-16-40-20-31-23(28)3-9-35-8-1-5-33-34-7-13-37-10-2-22(27)30-6-12-36-11-4-24(29)32-21-41-17-15-39-19-26/h25-26H,1-21H2.